The van der Waals surface area contributed by atoms with Crippen molar-refractivity contribution in [1.29, 1.82) is 0 Å². The summed E-state index contributed by atoms with van der Waals surface area (Å²) in [6.45, 7) is 13.6. The van der Waals surface area contributed by atoms with Gasteiger partial charge in [-0.3, -0.25) is 9.59 Å². The highest BCUT2D eigenvalue weighted by atomic mass is 16.5. The first-order valence-electron chi connectivity index (χ1n) is 14.0. The minimum atomic E-state index is -0.680. The SMILES string of the molecule is CC[N+]1=C(C)C(C2C(=O)C(c3c(C)n(CCCOC(=O)C(C)(C)CC)c4ccccc34)=C2[O-])c2ccccc21. The van der Waals surface area contributed by atoms with Gasteiger partial charge in [0.2, 0.25) is 5.69 Å². The molecule has 2 aromatic carbocycles. The van der Waals surface area contributed by atoms with Gasteiger partial charge in [-0.2, -0.15) is 4.58 Å². The molecule has 39 heavy (non-hydrogen) atoms. The number of aromatic nitrogens is 1. The smallest absolute Gasteiger partial charge is 0.311 e. The second-order valence-electron chi connectivity index (χ2n) is 11.4. The van der Waals surface area contributed by atoms with E-state index in [4.69, 9.17) is 4.74 Å². The molecular weight excluding hydrogens is 488 g/mol. The number of carbonyl (C=O) groups is 2. The highest BCUT2D eigenvalue weighted by molar-refractivity contribution is 6.33. The van der Waals surface area contributed by atoms with E-state index in [1.54, 1.807) is 0 Å². The number of benzene rings is 2. The maximum atomic E-state index is 13.8. The fourth-order valence-electron chi connectivity index (χ4n) is 6.20. The summed E-state index contributed by atoms with van der Waals surface area (Å²) in [5.74, 6) is -1.23. The Labute approximate surface area is 230 Å². The van der Waals surface area contributed by atoms with Crippen LogP contribution in [-0.2, 0) is 20.9 Å². The lowest BCUT2D eigenvalue weighted by atomic mass is 9.68. The maximum Gasteiger partial charge on any atom is 0.311 e. The van der Waals surface area contributed by atoms with Crippen LogP contribution in [0.15, 0.2) is 54.3 Å². The van der Waals surface area contributed by atoms with Crippen molar-refractivity contribution in [2.75, 3.05) is 13.2 Å². The molecule has 2 aliphatic rings. The summed E-state index contributed by atoms with van der Waals surface area (Å²) in [4.78, 5) is 26.2. The number of rotatable bonds is 9. The Bertz CT molecular complexity index is 1540. The van der Waals surface area contributed by atoms with Crippen LogP contribution in [-0.4, -0.2) is 39.8 Å². The molecule has 1 aliphatic carbocycles. The zero-order chi connectivity index (χ0) is 28.1. The number of carbonyl (C=O) groups excluding carboxylic acids is 2. The molecule has 0 saturated carbocycles. The number of ether oxygens (including phenoxy) is 1. The van der Waals surface area contributed by atoms with E-state index in [1.165, 1.54) is 0 Å². The molecule has 2 atom stereocenters. The van der Waals surface area contributed by atoms with E-state index in [1.807, 2.05) is 77.1 Å². The van der Waals surface area contributed by atoms with Gasteiger partial charge in [-0.05, 0) is 46.6 Å². The van der Waals surface area contributed by atoms with E-state index in [0.29, 0.717) is 25.1 Å². The summed E-state index contributed by atoms with van der Waals surface area (Å²) < 4.78 is 9.90. The van der Waals surface area contributed by atoms with E-state index in [9.17, 15) is 14.7 Å². The van der Waals surface area contributed by atoms with E-state index in [0.717, 1.165) is 52.1 Å². The number of esters is 1. The molecule has 5 rings (SSSR count). The monoisotopic (exact) mass is 526 g/mol. The van der Waals surface area contributed by atoms with Crippen LogP contribution in [0.3, 0.4) is 0 Å². The van der Waals surface area contributed by atoms with Crippen LogP contribution < -0.4 is 5.11 Å². The van der Waals surface area contributed by atoms with E-state index in [2.05, 4.69) is 22.1 Å². The van der Waals surface area contributed by atoms with Crippen LogP contribution in [0.2, 0.25) is 0 Å². The third-order valence-corrected chi connectivity index (χ3v) is 8.82. The Hall–Kier alpha value is -3.67. The third kappa shape index (κ3) is 4.21. The van der Waals surface area contributed by atoms with Crippen molar-refractivity contribution >= 4 is 39.6 Å². The minimum Gasteiger partial charge on any atom is -0.874 e. The minimum absolute atomic E-state index is 0.0705. The number of Topliss-reactive ketones (excluding diaryl/α,β-unsaturated/α-hetero) is 1. The molecule has 0 amide bonds. The van der Waals surface area contributed by atoms with Crippen molar-refractivity contribution in [1.82, 2.24) is 4.57 Å². The molecule has 6 heteroatoms. The predicted octanol–water partition coefficient (Wildman–Crippen LogP) is 5.51. The van der Waals surface area contributed by atoms with Crippen LogP contribution >= 0.6 is 0 Å². The Morgan fingerprint density at radius 3 is 2.44 bits per heavy atom. The Morgan fingerprint density at radius 2 is 1.74 bits per heavy atom. The average molecular weight is 527 g/mol. The molecule has 0 spiro atoms. The first kappa shape index (κ1) is 26.9. The zero-order valence-electron chi connectivity index (χ0n) is 23.8. The fraction of sp³-hybridized carbons (Fsp3) is 0.424. The molecule has 0 radical (unpaired) electrons. The molecule has 2 heterocycles. The van der Waals surface area contributed by atoms with Gasteiger partial charge in [0, 0.05) is 52.8 Å². The maximum absolute atomic E-state index is 13.8. The molecule has 0 bridgehead atoms. The van der Waals surface area contributed by atoms with Gasteiger partial charge in [0.05, 0.1) is 23.9 Å². The van der Waals surface area contributed by atoms with Gasteiger partial charge in [-0.25, -0.2) is 0 Å². The highest BCUT2D eigenvalue weighted by Gasteiger charge is 2.49. The number of allylic oxidation sites excluding steroid dienone is 2. The predicted molar refractivity (Wildman–Crippen MR) is 152 cm³/mol. The number of para-hydroxylation sites is 2. The number of nitrogens with zero attached hydrogens (tertiary/aromatic N) is 2. The number of hydrogen-bond donors (Lipinski definition) is 0. The second-order valence-corrected chi connectivity index (χ2v) is 11.4. The molecule has 1 aliphatic heterocycles. The number of hydrogen-bond acceptors (Lipinski definition) is 4. The van der Waals surface area contributed by atoms with Crippen molar-refractivity contribution in [2.24, 2.45) is 11.3 Å². The largest absolute Gasteiger partial charge is 0.874 e. The van der Waals surface area contributed by atoms with E-state index >= 15 is 0 Å². The van der Waals surface area contributed by atoms with Gasteiger partial charge in [-0.1, -0.05) is 43.3 Å². The summed E-state index contributed by atoms with van der Waals surface area (Å²) >= 11 is 0. The van der Waals surface area contributed by atoms with Crippen LogP contribution in [0.5, 0.6) is 0 Å². The highest BCUT2D eigenvalue weighted by Crippen LogP contribution is 2.50. The van der Waals surface area contributed by atoms with Gasteiger partial charge < -0.3 is 14.4 Å². The van der Waals surface area contributed by atoms with Crippen molar-refractivity contribution in [3.05, 3.63) is 71.1 Å². The summed E-state index contributed by atoms with van der Waals surface area (Å²) in [6.07, 6.45) is 1.36. The molecular formula is C33H38N2O4. The lowest BCUT2D eigenvalue weighted by Crippen LogP contribution is -2.42. The summed E-state index contributed by atoms with van der Waals surface area (Å²) in [5.41, 5.74) is 5.66. The van der Waals surface area contributed by atoms with Gasteiger partial charge in [0.15, 0.2) is 11.5 Å². The summed E-state index contributed by atoms with van der Waals surface area (Å²) in [7, 11) is 0. The van der Waals surface area contributed by atoms with Crippen LogP contribution in [0.1, 0.15) is 70.2 Å². The standard InChI is InChI=1S/C33H38N2O4/c1-7-33(5,6)32(38)39-19-13-18-35-21(4)27(23-15-10-12-17-25(23)35)29-30(36)28(31(29)37)26-20(3)34(8-2)24-16-11-9-14-22(24)26/h9-12,14-17,26,28H,7-8,13,18-19H2,1-6H3. The first-order valence-corrected chi connectivity index (χ1v) is 14.0. The van der Waals surface area contributed by atoms with Crippen LogP contribution in [0.4, 0.5) is 5.69 Å². The molecule has 3 aromatic rings. The molecule has 1 aromatic heterocycles. The number of aryl methyl sites for hydroxylation is 1. The van der Waals surface area contributed by atoms with Gasteiger partial charge in [-0.15, -0.1) is 5.76 Å². The Kier molecular flexibility index (Phi) is 7.00. The van der Waals surface area contributed by atoms with Crippen molar-refractivity contribution in [3.63, 3.8) is 0 Å². The van der Waals surface area contributed by atoms with Crippen LogP contribution in [0.25, 0.3) is 16.5 Å². The molecule has 6 nitrogen and oxygen atoms in total. The normalized spacial score (nSPS) is 19.1. The zero-order valence-corrected chi connectivity index (χ0v) is 23.8. The molecule has 2 unspecified atom stereocenters. The van der Waals surface area contributed by atoms with Crippen molar-refractivity contribution in [2.45, 2.75) is 66.8 Å². The van der Waals surface area contributed by atoms with Crippen molar-refractivity contribution in [3.8, 4) is 0 Å². The molecule has 204 valence electrons. The summed E-state index contributed by atoms with van der Waals surface area (Å²) in [5, 5.41) is 14.7. The van der Waals surface area contributed by atoms with Gasteiger partial charge in [0.1, 0.15) is 6.54 Å². The number of fused-ring (bicyclic) bond motifs is 2. The number of ketones is 1. The third-order valence-electron chi connectivity index (χ3n) is 8.82. The lowest BCUT2D eigenvalue weighted by molar-refractivity contribution is -0.434. The van der Waals surface area contributed by atoms with Crippen molar-refractivity contribution < 1.29 is 24.0 Å². The summed E-state index contributed by atoms with van der Waals surface area (Å²) in [6, 6.07) is 16.0. The molecule has 0 N–H and O–H groups in total. The van der Waals surface area contributed by atoms with Crippen LogP contribution in [0, 0.1) is 18.3 Å². The lowest BCUT2D eigenvalue weighted by Gasteiger charge is -2.39. The Balaban J connectivity index is 1.46. The topological polar surface area (TPSA) is 74.4 Å². The average Bonchev–Trinajstić information content (AvgIpc) is 3.36. The molecule has 0 fully saturated rings. The van der Waals surface area contributed by atoms with Gasteiger partial charge >= 0.3 is 5.97 Å². The first-order chi connectivity index (χ1) is 18.6. The Morgan fingerprint density at radius 1 is 1.05 bits per heavy atom. The van der Waals surface area contributed by atoms with E-state index < -0.39 is 11.3 Å². The quantitative estimate of drug-likeness (QED) is 0.209. The molecule has 0 saturated heterocycles. The van der Waals surface area contributed by atoms with E-state index in [-0.39, 0.29) is 23.4 Å². The second kappa shape index (κ2) is 10.1. The fourth-order valence-corrected chi connectivity index (χ4v) is 6.20. The van der Waals surface area contributed by atoms with Gasteiger partial charge in [0.25, 0.3) is 0 Å².